The van der Waals surface area contributed by atoms with Crippen molar-refractivity contribution in [1.82, 2.24) is 20.0 Å². The molecule has 112 valence electrons. The summed E-state index contributed by atoms with van der Waals surface area (Å²) in [4.78, 5) is 15.6. The molecule has 6 heteroatoms. The Kier molecular flexibility index (Phi) is 4.55. The number of aromatic nitrogens is 2. The molecule has 1 atom stereocenters. The molecule has 5 nitrogen and oxygen atoms in total. The van der Waals surface area contributed by atoms with Crippen LogP contribution in [-0.4, -0.2) is 39.8 Å². The number of nitrogens with one attached hydrogen (secondary N) is 1. The van der Waals surface area contributed by atoms with E-state index in [0.717, 1.165) is 32.4 Å². The van der Waals surface area contributed by atoms with Crippen LogP contribution in [0.15, 0.2) is 36.0 Å². The Labute approximate surface area is 128 Å². The predicted molar refractivity (Wildman–Crippen MR) is 83.4 cm³/mol. The van der Waals surface area contributed by atoms with E-state index in [1.807, 2.05) is 27.9 Å². The Morgan fingerprint density at radius 2 is 2.43 bits per heavy atom. The summed E-state index contributed by atoms with van der Waals surface area (Å²) < 4.78 is 1.90. The van der Waals surface area contributed by atoms with Crippen LogP contribution in [-0.2, 0) is 13.0 Å². The van der Waals surface area contributed by atoms with Crippen molar-refractivity contribution in [3.63, 3.8) is 0 Å². The zero-order valence-corrected chi connectivity index (χ0v) is 12.8. The Morgan fingerprint density at radius 1 is 1.48 bits per heavy atom. The second-order valence-corrected chi connectivity index (χ2v) is 6.31. The van der Waals surface area contributed by atoms with E-state index in [-0.39, 0.29) is 12.1 Å². The predicted octanol–water partition coefficient (Wildman–Crippen LogP) is 2.36. The number of hydrogen-bond acceptors (Lipinski definition) is 3. The average molecular weight is 304 g/mol. The van der Waals surface area contributed by atoms with Crippen molar-refractivity contribution in [2.24, 2.45) is 0 Å². The quantitative estimate of drug-likeness (QED) is 0.922. The highest BCUT2D eigenvalue weighted by atomic mass is 32.1. The van der Waals surface area contributed by atoms with Crippen molar-refractivity contribution in [1.29, 1.82) is 0 Å². The fourth-order valence-electron chi connectivity index (χ4n) is 2.77. The van der Waals surface area contributed by atoms with Crippen LogP contribution in [0.4, 0.5) is 4.79 Å². The summed E-state index contributed by atoms with van der Waals surface area (Å²) in [5.41, 5.74) is 0. The van der Waals surface area contributed by atoms with Gasteiger partial charge in [-0.05, 0) is 36.8 Å². The maximum atomic E-state index is 12.3. The Balaban J connectivity index is 1.48. The first kappa shape index (κ1) is 14.1. The van der Waals surface area contributed by atoms with Gasteiger partial charge in [0.2, 0.25) is 0 Å². The second-order valence-electron chi connectivity index (χ2n) is 5.28. The number of carbonyl (C=O) groups is 1. The lowest BCUT2D eigenvalue weighted by atomic mass is 10.2. The van der Waals surface area contributed by atoms with Crippen LogP contribution in [0.25, 0.3) is 0 Å². The summed E-state index contributed by atoms with van der Waals surface area (Å²) in [5.74, 6) is 0. The van der Waals surface area contributed by atoms with Gasteiger partial charge in [-0.1, -0.05) is 6.07 Å². The van der Waals surface area contributed by atoms with Gasteiger partial charge in [-0.25, -0.2) is 4.79 Å². The number of amides is 2. The molecular formula is C15H20N4OS. The lowest BCUT2D eigenvalue weighted by Crippen LogP contribution is -2.44. The van der Waals surface area contributed by atoms with Crippen molar-refractivity contribution < 1.29 is 4.79 Å². The highest BCUT2D eigenvalue weighted by Crippen LogP contribution is 2.18. The van der Waals surface area contributed by atoms with E-state index in [2.05, 4.69) is 21.9 Å². The second kappa shape index (κ2) is 6.76. The van der Waals surface area contributed by atoms with Crippen molar-refractivity contribution in [2.75, 3.05) is 13.1 Å². The molecule has 1 aliphatic rings. The minimum Gasteiger partial charge on any atom is -0.338 e. The molecule has 0 unspecified atom stereocenters. The van der Waals surface area contributed by atoms with E-state index in [1.165, 1.54) is 4.88 Å². The molecule has 0 aromatic carbocycles. The van der Waals surface area contributed by atoms with Gasteiger partial charge in [0.25, 0.3) is 0 Å². The molecule has 2 amide bonds. The van der Waals surface area contributed by atoms with Crippen LogP contribution in [0.2, 0.25) is 0 Å². The SMILES string of the molecule is O=C(NCCc1cccs1)N1CCC[C@H]1Cn1cccn1. The molecule has 1 saturated heterocycles. The van der Waals surface area contributed by atoms with Crippen LogP contribution < -0.4 is 5.32 Å². The Bertz CT molecular complexity index is 552. The largest absolute Gasteiger partial charge is 0.338 e. The molecular weight excluding hydrogens is 284 g/mol. The van der Waals surface area contributed by atoms with E-state index in [9.17, 15) is 4.79 Å². The molecule has 0 spiro atoms. The first-order valence-electron chi connectivity index (χ1n) is 7.37. The normalized spacial score (nSPS) is 18.1. The van der Waals surface area contributed by atoms with Crippen LogP contribution in [0.5, 0.6) is 0 Å². The molecule has 21 heavy (non-hydrogen) atoms. The van der Waals surface area contributed by atoms with Gasteiger partial charge < -0.3 is 10.2 Å². The van der Waals surface area contributed by atoms with Gasteiger partial charge in [0, 0.05) is 30.4 Å². The van der Waals surface area contributed by atoms with E-state index in [1.54, 1.807) is 17.5 Å². The van der Waals surface area contributed by atoms with E-state index in [4.69, 9.17) is 0 Å². The summed E-state index contributed by atoms with van der Waals surface area (Å²) in [6, 6.07) is 6.38. The van der Waals surface area contributed by atoms with Gasteiger partial charge in [0.1, 0.15) is 0 Å². The number of hydrogen-bond donors (Lipinski definition) is 1. The third-order valence-corrected chi connectivity index (χ3v) is 4.76. The van der Waals surface area contributed by atoms with Crippen molar-refractivity contribution in [2.45, 2.75) is 31.8 Å². The van der Waals surface area contributed by atoms with Gasteiger partial charge in [0.15, 0.2) is 0 Å². The zero-order chi connectivity index (χ0) is 14.5. The molecule has 3 rings (SSSR count). The van der Waals surface area contributed by atoms with Gasteiger partial charge in [0.05, 0.1) is 12.6 Å². The van der Waals surface area contributed by atoms with Crippen LogP contribution in [0.1, 0.15) is 17.7 Å². The maximum Gasteiger partial charge on any atom is 0.317 e. The summed E-state index contributed by atoms with van der Waals surface area (Å²) in [7, 11) is 0. The minimum absolute atomic E-state index is 0.0567. The summed E-state index contributed by atoms with van der Waals surface area (Å²) >= 11 is 1.73. The molecule has 0 saturated carbocycles. The van der Waals surface area contributed by atoms with Crippen LogP contribution >= 0.6 is 11.3 Å². The van der Waals surface area contributed by atoms with Crippen molar-refractivity contribution >= 4 is 17.4 Å². The molecule has 1 fully saturated rings. The van der Waals surface area contributed by atoms with Crippen molar-refractivity contribution in [3.8, 4) is 0 Å². The molecule has 3 heterocycles. The number of likely N-dealkylation sites (tertiary alicyclic amines) is 1. The summed E-state index contributed by atoms with van der Waals surface area (Å²) in [6.07, 6.45) is 6.76. The minimum atomic E-state index is 0.0567. The van der Waals surface area contributed by atoms with Crippen LogP contribution in [0, 0.1) is 0 Å². The molecule has 0 bridgehead atoms. The van der Waals surface area contributed by atoms with Crippen LogP contribution in [0.3, 0.4) is 0 Å². The van der Waals surface area contributed by atoms with Gasteiger partial charge in [-0.15, -0.1) is 11.3 Å². The monoisotopic (exact) mass is 304 g/mol. The summed E-state index contributed by atoms with van der Waals surface area (Å²) in [6.45, 7) is 2.33. The van der Waals surface area contributed by atoms with Crippen molar-refractivity contribution in [3.05, 3.63) is 40.8 Å². The Morgan fingerprint density at radius 3 is 3.19 bits per heavy atom. The van der Waals surface area contributed by atoms with Gasteiger partial charge in [-0.3, -0.25) is 4.68 Å². The molecule has 0 radical (unpaired) electrons. The van der Waals surface area contributed by atoms with E-state index >= 15 is 0 Å². The molecule has 0 aliphatic carbocycles. The Hall–Kier alpha value is -1.82. The fraction of sp³-hybridized carbons (Fsp3) is 0.467. The molecule has 2 aromatic heterocycles. The number of nitrogens with zero attached hydrogens (tertiary/aromatic N) is 3. The first-order chi connectivity index (χ1) is 10.3. The highest BCUT2D eigenvalue weighted by molar-refractivity contribution is 7.09. The topological polar surface area (TPSA) is 50.2 Å². The fourth-order valence-corrected chi connectivity index (χ4v) is 3.48. The number of rotatable bonds is 5. The molecule has 2 aromatic rings. The standard InChI is InChI=1S/C15H20N4OS/c20-15(16-8-6-14-5-2-11-21-14)19-10-1-4-13(19)12-18-9-3-7-17-18/h2-3,5,7,9,11,13H,1,4,6,8,10,12H2,(H,16,20)/t13-/m0/s1. The van der Waals surface area contributed by atoms with Gasteiger partial charge >= 0.3 is 6.03 Å². The third-order valence-electron chi connectivity index (χ3n) is 3.82. The smallest absolute Gasteiger partial charge is 0.317 e. The highest BCUT2D eigenvalue weighted by Gasteiger charge is 2.28. The summed E-state index contributed by atoms with van der Waals surface area (Å²) in [5, 5.41) is 9.33. The molecule has 1 N–H and O–H groups in total. The lowest BCUT2D eigenvalue weighted by Gasteiger charge is -2.25. The lowest BCUT2D eigenvalue weighted by molar-refractivity contribution is 0.186. The first-order valence-corrected chi connectivity index (χ1v) is 8.25. The molecule has 1 aliphatic heterocycles. The van der Waals surface area contributed by atoms with Gasteiger partial charge in [-0.2, -0.15) is 5.10 Å². The number of thiophene rings is 1. The van der Waals surface area contributed by atoms with E-state index in [0.29, 0.717) is 6.54 Å². The number of urea groups is 1. The maximum absolute atomic E-state index is 12.3. The number of carbonyl (C=O) groups excluding carboxylic acids is 1. The zero-order valence-electron chi connectivity index (χ0n) is 11.9. The third kappa shape index (κ3) is 3.64. The average Bonchev–Trinajstić information content (AvgIpc) is 3.20. The van der Waals surface area contributed by atoms with E-state index < -0.39 is 0 Å².